The molecule has 1 N–H and O–H groups in total. The summed E-state index contributed by atoms with van der Waals surface area (Å²) in [5.41, 5.74) is 0. The maximum absolute atomic E-state index is 11.8. The van der Waals surface area contributed by atoms with Crippen LogP contribution >= 0.6 is 11.8 Å². The smallest absolute Gasteiger partial charge is 0.233 e. The number of amides is 1. The van der Waals surface area contributed by atoms with Gasteiger partial charge in [0.05, 0.1) is 16.8 Å². The van der Waals surface area contributed by atoms with Crippen molar-refractivity contribution in [2.24, 2.45) is 7.05 Å². The van der Waals surface area contributed by atoms with E-state index in [1.165, 1.54) is 11.8 Å². The number of nitrogens with one attached hydrogen (secondary N) is 1. The third-order valence-electron chi connectivity index (χ3n) is 3.54. The zero-order valence-corrected chi connectivity index (χ0v) is 14.3. The van der Waals surface area contributed by atoms with Crippen LogP contribution in [0.2, 0.25) is 0 Å². The average Bonchev–Trinajstić information content (AvgIpc) is 2.99. The van der Waals surface area contributed by atoms with Gasteiger partial charge in [-0.25, -0.2) is 8.42 Å². The molecule has 0 radical (unpaired) electrons. The quantitative estimate of drug-likeness (QED) is 0.596. The first-order valence-electron chi connectivity index (χ1n) is 6.99. The second-order valence-electron chi connectivity index (χ2n) is 5.29. The Morgan fingerprint density at radius 2 is 2.32 bits per heavy atom. The van der Waals surface area contributed by atoms with Crippen molar-refractivity contribution < 1.29 is 13.2 Å². The second kappa shape index (κ2) is 6.82. The van der Waals surface area contributed by atoms with E-state index in [2.05, 4.69) is 22.1 Å². The Morgan fingerprint density at radius 3 is 2.91 bits per heavy atom. The van der Waals surface area contributed by atoms with Crippen LogP contribution in [0.4, 0.5) is 0 Å². The molecule has 0 saturated carbocycles. The number of carbonyl (C=O) groups is 1. The summed E-state index contributed by atoms with van der Waals surface area (Å²) in [4.78, 5) is 11.8. The highest BCUT2D eigenvalue weighted by atomic mass is 32.2. The van der Waals surface area contributed by atoms with Crippen LogP contribution in [0.3, 0.4) is 0 Å². The highest BCUT2D eigenvalue weighted by Crippen LogP contribution is 2.30. The van der Waals surface area contributed by atoms with Crippen molar-refractivity contribution >= 4 is 27.5 Å². The molecule has 0 aliphatic carbocycles. The summed E-state index contributed by atoms with van der Waals surface area (Å²) >= 11 is 1.30. The Balaban J connectivity index is 2.05. The molecule has 1 aromatic heterocycles. The third kappa shape index (κ3) is 3.89. The van der Waals surface area contributed by atoms with Crippen LogP contribution < -0.4 is 5.32 Å². The zero-order valence-electron chi connectivity index (χ0n) is 12.7. The van der Waals surface area contributed by atoms with E-state index < -0.39 is 9.84 Å². The normalized spacial score (nSPS) is 21.5. The SMILES string of the molecule is C=CCNC(=O)[C@H](C)Sc1nnc([C@H]2CCS(=O)(=O)C2)n1C. The van der Waals surface area contributed by atoms with Crippen LogP contribution in [-0.2, 0) is 21.7 Å². The van der Waals surface area contributed by atoms with Gasteiger partial charge in [-0.15, -0.1) is 16.8 Å². The molecule has 1 aliphatic rings. The molecule has 2 heterocycles. The van der Waals surface area contributed by atoms with E-state index >= 15 is 0 Å². The largest absolute Gasteiger partial charge is 0.352 e. The van der Waals surface area contributed by atoms with Gasteiger partial charge >= 0.3 is 0 Å². The van der Waals surface area contributed by atoms with Crippen molar-refractivity contribution in [2.75, 3.05) is 18.1 Å². The molecule has 1 amide bonds. The topological polar surface area (TPSA) is 94.0 Å². The van der Waals surface area contributed by atoms with Gasteiger partial charge in [0.25, 0.3) is 0 Å². The number of hydrogen-bond donors (Lipinski definition) is 1. The second-order valence-corrected chi connectivity index (χ2v) is 8.83. The standard InChI is InChI=1S/C13H20N4O3S2/c1-4-6-14-12(18)9(2)21-13-16-15-11(17(13)3)10-5-7-22(19,20)8-10/h4,9-10H,1,5-8H2,2-3H3,(H,14,18)/t9-,10-/m0/s1. The fraction of sp³-hybridized carbons (Fsp3) is 0.615. The number of nitrogens with zero attached hydrogens (tertiary/aromatic N) is 3. The van der Waals surface area contributed by atoms with Gasteiger partial charge in [-0.2, -0.15) is 0 Å². The van der Waals surface area contributed by atoms with Gasteiger partial charge in [0.1, 0.15) is 5.82 Å². The van der Waals surface area contributed by atoms with Crippen LogP contribution in [0.15, 0.2) is 17.8 Å². The Kier molecular flexibility index (Phi) is 5.28. The van der Waals surface area contributed by atoms with E-state index in [9.17, 15) is 13.2 Å². The van der Waals surface area contributed by atoms with Crippen molar-refractivity contribution in [3.63, 3.8) is 0 Å². The summed E-state index contributed by atoms with van der Waals surface area (Å²) in [6.07, 6.45) is 2.20. The predicted octanol–water partition coefficient (Wildman–Crippen LogP) is 0.500. The van der Waals surface area contributed by atoms with E-state index in [4.69, 9.17) is 0 Å². The lowest BCUT2D eigenvalue weighted by Gasteiger charge is -2.11. The Morgan fingerprint density at radius 1 is 1.59 bits per heavy atom. The number of rotatable bonds is 6. The van der Waals surface area contributed by atoms with Gasteiger partial charge in [-0.3, -0.25) is 4.79 Å². The maximum atomic E-state index is 11.8. The summed E-state index contributed by atoms with van der Waals surface area (Å²) in [7, 11) is -1.16. The monoisotopic (exact) mass is 344 g/mol. The molecular formula is C13H20N4O3S2. The lowest BCUT2D eigenvalue weighted by Crippen LogP contribution is -2.31. The molecule has 2 atom stereocenters. The van der Waals surface area contributed by atoms with E-state index in [0.717, 1.165) is 0 Å². The van der Waals surface area contributed by atoms with E-state index in [0.29, 0.717) is 23.9 Å². The average molecular weight is 344 g/mol. The van der Waals surface area contributed by atoms with Gasteiger partial charge < -0.3 is 9.88 Å². The van der Waals surface area contributed by atoms with Crippen molar-refractivity contribution in [1.29, 1.82) is 0 Å². The van der Waals surface area contributed by atoms with Gasteiger partial charge in [0.2, 0.25) is 5.91 Å². The number of carbonyl (C=O) groups excluding carboxylic acids is 1. The Bertz CT molecular complexity index is 669. The lowest BCUT2D eigenvalue weighted by molar-refractivity contribution is -0.120. The van der Waals surface area contributed by atoms with Crippen LogP contribution in [0.5, 0.6) is 0 Å². The van der Waals surface area contributed by atoms with E-state index in [-0.39, 0.29) is 28.6 Å². The van der Waals surface area contributed by atoms with Crippen LogP contribution in [0.1, 0.15) is 25.1 Å². The predicted molar refractivity (Wildman–Crippen MR) is 85.5 cm³/mol. The molecule has 0 unspecified atom stereocenters. The van der Waals surface area contributed by atoms with Gasteiger partial charge in [0, 0.05) is 19.5 Å². The molecule has 1 saturated heterocycles. The van der Waals surface area contributed by atoms with Crippen LogP contribution in [0, 0.1) is 0 Å². The van der Waals surface area contributed by atoms with Crippen LogP contribution in [-0.4, -0.2) is 52.4 Å². The van der Waals surface area contributed by atoms with Crippen molar-refractivity contribution in [1.82, 2.24) is 20.1 Å². The number of thioether (sulfide) groups is 1. The maximum Gasteiger partial charge on any atom is 0.233 e. The zero-order chi connectivity index (χ0) is 16.3. The number of sulfone groups is 1. The molecule has 0 spiro atoms. The summed E-state index contributed by atoms with van der Waals surface area (Å²) in [6, 6.07) is 0. The van der Waals surface area contributed by atoms with Crippen LogP contribution in [0.25, 0.3) is 0 Å². The van der Waals surface area contributed by atoms with Crippen molar-refractivity contribution in [3.05, 3.63) is 18.5 Å². The summed E-state index contributed by atoms with van der Waals surface area (Å²) in [5, 5.41) is 11.2. The molecule has 0 aromatic carbocycles. The Hall–Kier alpha value is -1.35. The molecule has 22 heavy (non-hydrogen) atoms. The minimum absolute atomic E-state index is 0.0992. The summed E-state index contributed by atoms with van der Waals surface area (Å²) in [6.45, 7) is 5.77. The van der Waals surface area contributed by atoms with E-state index in [1.807, 2.05) is 0 Å². The summed E-state index contributed by atoms with van der Waals surface area (Å²) in [5.74, 6) is 0.786. The molecule has 122 valence electrons. The first-order chi connectivity index (χ1) is 10.3. The van der Waals surface area contributed by atoms with Crippen molar-refractivity contribution in [3.8, 4) is 0 Å². The molecular weight excluding hydrogens is 324 g/mol. The first-order valence-corrected chi connectivity index (χ1v) is 9.69. The van der Waals surface area contributed by atoms with Gasteiger partial charge in [-0.05, 0) is 13.3 Å². The molecule has 1 aliphatic heterocycles. The molecule has 9 heteroatoms. The Labute approximate surface area is 134 Å². The third-order valence-corrected chi connectivity index (χ3v) is 6.44. The van der Waals surface area contributed by atoms with Crippen molar-refractivity contribution in [2.45, 2.75) is 29.7 Å². The fourth-order valence-corrected chi connectivity index (χ4v) is 4.90. The minimum Gasteiger partial charge on any atom is -0.352 e. The van der Waals surface area contributed by atoms with Gasteiger partial charge in [-0.1, -0.05) is 17.8 Å². The number of aromatic nitrogens is 3. The van der Waals surface area contributed by atoms with E-state index in [1.54, 1.807) is 24.6 Å². The minimum atomic E-state index is -2.96. The van der Waals surface area contributed by atoms with Gasteiger partial charge in [0.15, 0.2) is 15.0 Å². The molecule has 0 bridgehead atoms. The first kappa shape index (κ1) is 17.0. The highest BCUT2D eigenvalue weighted by Gasteiger charge is 2.32. The lowest BCUT2D eigenvalue weighted by atomic mass is 10.1. The summed E-state index contributed by atoms with van der Waals surface area (Å²) < 4.78 is 24.9. The number of hydrogen-bond acceptors (Lipinski definition) is 6. The highest BCUT2D eigenvalue weighted by molar-refractivity contribution is 8.00. The molecule has 1 aromatic rings. The molecule has 7 nitrogen and oxygen atoms in total. The molecule has 2 rings (SSSR count). The fourth-order valence-electron chi connectivity index (χ4n) is 2.31. The molecule has 1 fully saturated rings.